The van der Waals surface area contributed by atoms with Crippen molar-refractivity contribution in [3.8, 4) is 0 Å². The second kappa shape index (κ2) is 6.31. The molecule has 1 fully saturated rings. The molecule has 0 aliphatic carbocycles. The Hall–Kier alpha value is -1.49. The van der Waals surface area contributed by atoms with Gasteiger partial charge < -0.3 is 14.6 Å². The molecule has 1 aromatic heterocycles. The Morgan fingerprint density at radius 3 is 2.55 bits per heavy atom. The summed E-state index contributed by atoms with van der Waals surface area (Å²) in [6.45, 7) is 5.16. The maximum Gasteiger partial charge on any atom is 0.256 e. The molecule has 1 N–H and O–H groups in total. The topological polar surface area (TPSA) is 62.6 Å². The van der Waals surface area contributed by atoms with Crippen molar-refractivity contribution in [2.75, 3.05) is 13.1 Å². The minimum Gasteiger partial charge on any atom is -0.452 e. The maximum atomic E-state index is 12.0. The zero-order valence-corrected chi connectivity index (χ0v) is 12.4. The minimum absolute atomic E-state index is 0.0193. The van der Waals surface area contributed by atoms with Crippen LogP contribution in [0.4, 0.5) is 0 Å². The van der Waals surface area contributed by atoms with Crippen LogP contribution in [0.5, 0.6) is 0 Å². The van der Waals surface area contributed by atoms with E-state index in [-0.39, 0.29) is 29.0 Å². The van der Waals surface area contributed by atoms with Crippen LogP contribution < -0.4 is 5.32 Å². The molecule has 1 aliphatic rings. The lowest BCUT2D eigenvalue weighted by atomic mass is 10.0. The molecule has 1 saturated heterocycles. The highest BCUT2D eigenvalue weighted by atomic mass is 35.5. The van der Waals surface area contributed by atoms with Gasteiger partial charge in [0.05, 0.1) is 11.8 Å². The Bertz CT molecular complexity index is 490. The van der Waals surface area contributed by atoms with Gasteiger partial charge in [-0.25, -0.2) is 0 Å². The molecule has 20 heavy (non-hydrogen) atoms. The first-order valence-corrected chi connectivity index (χ1v) is 7.19. The summed E-state index contributed by atoms with van der Waals surface area (Å²) >= 11 is 5.77. The van der Waals surface area contributed by atoms with E-state index in [9.17, 15) is 9.59 Å². The molecule has 0 radical (unpaired) electrons. The summed E-state index contributed by atoms with van der Waals surface area (Å²) in [6.07, 6.45) is 2.92. The van der Waals surface area contributed by atoms with Crippen molar-refractivity contribution in [1.82, 2.24) is 10.2 Å². The van der Waals surface area contributed by atoms with Gasteiger partial charge in [-0.2, -0.15) is 0 Å². The fourth-order valence-electron chi connectivity index (χ4n) is 2.33. The fraction of sp³-hybridized carbons (Fsp3) is 0.571. The SMILES string of the molecule is CC(C)C(=O)N1CCC(NC(=O)c2ccoc2Cl)CC1. The van der Waals surface area contributed by atoms with E-state index >= 15 is 0 Å². The Labute approximate surface area is 123 Å². The number of nitrogens with one attached hydrogen (secondary N) is 1. The molecule has 2 amide bonds. The van der Waals surface area contributed by atoms with Crippen molar-refractivity contribution in [2.24, 2.45) is 5.92 Å². The first kappa shape index (κ1) is 14.9. The molecule has 0 spiro atoms. The van der Waals surface area contributed by atoms with Crippen molar-refractivity contribution < 1.29 is 14.0 Å². The van der Waals surface area contributed by atoms with Gasteiger partial charge >= 0.3 is 0 Å². The Morgan fingerprint density at radius 2 is 2.05 bits per heavy atom. The molecular formula is C14H19ClN2O3. The Kier molecular flexibility index (Phi) is 4.70. The van der Waals surface area contributed by atoms with E-state index in [1.807, 2.05) is 18.7 Å². The van der Waals surface area contributed by atoms with E-state index in [0.717, 1.165) is 12.8 Å². The molecular weight excluding hydrogens is 280 g/mol. The lowest BCUT2D eigenvalue weighted by Crippen LogP contribution is -2.47. The molecule has 110 valence electrons. The Balaban J connectivity index is 1.84. The lowest BCUT2D eigenvalue weighted by molar-refractivity contribution is -0.135. The van der Waals surface area contributed by atoms with Gasteiger partial charge in [-0.1, -0.05) is 13.8 Å². The highest BCUT2D eigenvalue weighted by Gasteiger charge is 2.26. The van der Waals surface area contributed by atoms with E-state index in [1.165, 1.54) is 6.26 Å². The molecule has 2 heterocycles. The van der Waals surface area contributed by atoms with Crippen molar-refractivity contribution in [3.63, 3.8) is 0 Å². The van der Waals surface area contributed by atoms with E-state index in [0.29, 0.717) is 18.7 Å². The summed E-state index contributed by atoms with van der Waals surface area (Å²) in [5, 5.41) is 3.04. The highest BCUT2D eigenvalue weighted by molar-refractivity contribution is 6.32. The number of likely N-dealkylation sites (tertiary alicyclic amines) is 1. The van der Waals surface area contributed by atoms with Crippen LogP contribution in [-0.2, 0) is 4.79 Å². The van der Waals surface area contributed by atoms with Crippen molar-refractivity contribution >= 4 is 23.4 Å². The van der Waals surface area contributed by atoms with Gasteiger partial charge in [0.15, 0.2) is 0 Å². The number of carbonyl (C=O) groups excluding carboxylic acids is 2. The van der Waals surface area contributed by atoms with Gasteiger partial charge in [0.25, 0.3) is 5.91 Å². The molecule has 2 rings (SSSR count). The normalized spacial score (nSPS) is 16.5. The van der Waals surface area contributed by atoms with Crippen LogP contribution in [0, 0.1) is 5.92 Å². The van der Waals surface area contributed by atoms with Gasteiger partial charge in [0.2, 0.25) is 11.1 Å². The summed E-state index contributed by atoms with van der Waals surface area (Å²) in [7, 11) is 0. The van der Waals surface area contributed by atoms with Crippen molar-refractivity contribution in [1.29, 1.82) is 0 Å². The van der Waals surface area contributed by atoms with Crippen LogP contribution in [0.15, 0.2) is 16.7 Å². The summed E-state index contributed by atoms with van der Waals surface area (Å²) in [5.41, 5.74) is 0.354. The lowest BCUT2D eigenvalue weighted by Gasteiger charge is -2.33. The number of hydrogen-bond acceptors (Lipinski definition) is 3. The average Bonchev–Trinajstić information content (AvgIpc) is 2.85. The number of halogens is 1. The van der Waals surface area contributed by atoms with Crippen LogP contribution in [-0.4, -0.2) is 35.8 Å². The largest absolute Gasteiger partial charge is 0.452 e. The average molecular weight is 299 g/mol. The number of rotatable bonds is 3. The molecule has 1 aromatic rings. The molecule has 5 nitrogen and oxygen atoms in total. The third-order valence-electron chi connectivity index (χ3n) is 3.50. The summed E-state index contributed by atoms with van der Waals surface area (Å²) < 4.78 is 4.90. The van der Waals surface area contributed by atoms with E-state index in [1.54, 1.807) is 6.07 Å². The van der Waals surface area contributed by atoms with Crippen LogP contribution in [0.2, 0.25) is 5.22 Å². The molecule has 6 heteroatoms. The molecule has 0 aromatic carbocycles. The molecule has 1 aliphatic heterocycles. The molecule has 0 atom stereocenters. The van der Waals surface area contributed by atoms with Crippen molar-refractivity contribution in [2.45, 2.75) is 32.7 Å². The van der Waals surface area contributed by atoms with Gasteiger partial charge in [0, 0.05) is 25.0 Å². The van der Waals surface area contributed by atoms with Crippen LogP contribution >= 0.6 is 11.6 Å². The van der Waals surface area contributed by atoms with E-state index in [2.05, 4.69) is 5.32 Å². The molecule has 0 unspecified atom stereocenters. The second-order valence-corrected chi connectivity index (χ2v) is 5.68. The van der Waals surface area contributed by atoms with Gasteiger partial charge in [0.1, 0.15) is 0 Å². The number of amides is 2. The standard InChI is InChI=1S/C14H19ClN2O3/c1-9(2)14(19)17-6-3-10(4-7-17)16-13(18)11-5-8-20-12(11)15/h5,8-10H,3-4,6-7H2,1-2H3,(H,16,18). The highest BCUT2D eigenvalue weighted by Crippen LogP contribution is 2.18. The molecule has 0 saturated carbocycles. The Morgan fingerprint density at radius 1 is 1.40 bits per heavy atom. The number of hydrogen-bond donors (Lipinski definition) is 1. The number of furan rings is 1. The summed E-state index contributed by atoms with van der Waals surface area (Å²) in [4.78, 5) is 25.7. The fourth-order valence-corrected chi connectivity index (χ4v) is 2.53. The third-order valence-corrected chi connectivity index (χ3v) is 3.79. The van der Waals surface area contributed by atoms with E-state index in [4.69, 9.17) is 16.0 Å². The zero-order valence-electron chi connectivity index (χ0n) is 11.7. The maximum absolute atomic E-state index is 12.0. The zero-order chi connectivity index (χ0) is 14.7. The molecule has 0 bridgehead atoms. The first-order chi connectivity index (χ1) is 9.49. The summed E-state index contributed by atoms with van der Waals surface area (Å²) in [5.74, 6) is -0.0316. The number of carbonyl (C=O) groups is 2. The monoisotopic (exact) mass is 298 g/mol. The predicted octanol–water partition coefficient (Wildman–Crippen LogP) is 2.31. The third kappa shape index (κ3) is 3.33. The van der Waals surface area contributed by atoms with Gasteiger partial charge in [-0.3, -0.25) is 9.59 Å². The number of nitrogens with zero attached hydrogens (tertiary/aromatic N) is 1. The van der Waals surface area contributed by atoms with Gasteiger partial charge in [-0.15, -0.1) is 0 Å². The minimum atomic E-state index is -0.225. The number of piperidine rings is 1. The van der Waals surface area contributed by atoms with Crippen LogP contribution in [0.1, 0.15) is 37.0 Å². The van der Waals surface area contributed by atoms with Gasteiger partial charge in [-0.05, 0) is 30.5 Å². The smallest absolute Gasteiger partial charge is 0.256 e. The van der Waals surface area contributed by atoms with Crippen LogP contribution in [0.25, 0.3) is 0 Å². The van der Waals surface area contributed by atoms with E-state index < -0.39 is 0 Å². The summed E-state index contributed by atoms with van der Waals surface area (Å²) in [6, 6.07) is 1.62. The quantitative estimate of drug-likeness (QED) is 0.931. The predicted molar refractivity (Wildman–Crippen MR) is 75.6 cm³/mol. The van der Waals surface area contributed by atoms with Crippen LogP contribution in [0.3, 0.4) is 0 Å². The second-order valence-electron chi connectivity index (χ2n) is 5.34. The first-order valence-electron chi connectivity index (χ1n) is 6.81. The van der Waals surface area contributed by atoms with Crippen molar-refractivity contribution in [3.05, 3.63) is 23.1 Å².